The molecular weight excluding hydrogens is 314 g/mol. The molecule has 1 N–H and O–H groups in total. The minimum atomic E-state index is -0.0752. The summed E-state index contributed by atoms with van der Waals surface area (Å²) >= 11 is 1.56. The fourth-order valence-corrected chi connectivity index (χ4v) is 3.49. The number of anilines is 1. The van der Waals surface area contributed by atoms with Crippen LogP contribution in [-0.2, 0) is 24.2 Å². The molecule has 0 fully saturated rings. The number of fused-ring (bicyclic) bond motifs is 1. The minimum Gasteiger partial charge on any atom is -0.339 e. The minimum absolute atomic E-state index is 0.0752. The molecule has 0 aliphatic carbocycles. The number of thiazole rings is 1. The van der Waals surface area contributed by atoms with Gasteiger partial charge in [-0.05, 0) is 7.05 Å². The molecule has 1 aliphatic rings. The van der Waals surface area contributed by atoms with Crippen molar-refractivity contribution in [3.8, 4) is 0 Å². The molecule has 1 amide bonds. The van der Waals surface area contributed by atoms with E-state index in [9.17, 15) is 4.79 Å². The van der Waals surface area contributed by atoms with Crippen LogP contribution in [0.5, 0.6) is 0 Å². The molecule has 3 heterocycles. The van der Waals surface area contributed by atoms with Crippen LogP contribution in [0.2, 0.25) is 0 Å². The Morgan fingerprint density at radius 2 is 2.26 bits per heavy atom. The number of likely N-dealkylation sites (N-methyl/N-ethyl adjacent to an activating group) is 1. The number of aryl methyl sites for hydroxylation is 1. The fraction of sp³-hybridized carbons (Fsp3) is 0.600. The van der Waals surface area contributed by atoms with Gasteiger partial charge in [0, 0.05) is 43.1 Å². The molecule has 0 saturated carbocycles. The molecule has 8 heteroatoms. The van der Waals surface area contributed by atoms with Gasteiger partial charge in [0.2, 0.25) is 11.8 Å². The van der Waals surface area contributed by atoms with Gasteiger partial charge in [-0.2, -0.15) is 4.98 Å². The third kappa shape index (κ3) is 3.94. The fourth-order valence-electron chi connectivity index (χ4n) is 2.38. The van der Waals surface area contributed by atoms with Crippen molar-refractivity contribution in [2.24, 2.45) is 0 Å². The Labute approximate surface area is 139 Å². The summed E-state index contributed by atoms with van der Waals surface area (Å²) < 4.78 is 5.14. The molecule has 2 aromatic rings. The monoisotopic (exact) mass is 335 g/mol. The average Bonchev–Trinajstić information content (AvgIpc) is 3.10. The molecule has 0 bridgehead atoms. The van der Waals surface area contributed by atoms with Crippen LogP contribution >= 0.6 is 11.3 Å². The summed E-state index contributed by atoms with van der Waals surface area (Å²) in [5, 5.41) is 7.45. The topological polar surface area (TPSA) is 84.2 Å². The van der Waals surface area contributed by atoms with Crippen molar-refractivity contribution >= 4 is 22.4 Å². The van der Waals surface area contributed by atoms with Gasteiger partial charge in [0.1, 0.15) is 0 Å². The molecule has 0 atom stereocenters. The van der Waals surface area contributed by atoms with Crippen molar-refractivity contribution in [3.05, 3.63) is 22.3 Å². The molecule has 1 aliphatic heterocycles. The molecule has 0 unspecified atom stereocenters. The first-order chi connectivity index (χ1) is 11.0. The van der Waals surface area contributed by atoms with Crippen LogP contribution < -0.4 is 5.32 Å². The highest BCUT2D eigenvalue weighted by molar-refractivity contribution is 7.15. The molecule has 0 radical (unpaired) electrons. The number of amides is 1. The van der Waals surface area contributed by atoms with Crippen molar-refractivity contribution < 1.29 is 9.32 Å². The van der Waals surface area contributed by atoms with Crippen molar-refractivity contribution in [2.75, 3.05) is 18.9 Å². The van der Waals surface area contributed by atoms with Crippen molar-refractivity contribution in [1.82, 2.24) is 20.0 Å². The quantitative estimate of drug-likeness (QED) is 0.902. The van der Waals surface area contributed by atoms with E-state index in [4.69, 9.17) is 4.52 Å². The third-order valence-electron chi connectivity index (χ3n) is 3.73. The van der Waals surface area contributed by atoms with E-state index in [2.05, 4.69) is 32.4 Å². The molecule has 2 aromatic heterocycles. The van der Waals surface area contributed by atoms with Gasteiger partial charge in [-0.1, -0.05) is 19.0 Å². The first-order valence-electron chi connectivity index (χ1n) is 7.80. The maximum Gasteiger partial charge on any atom is 0.227 e. The largest absolute Gasteiger partial charge is 0.339 e. The smallest absolute Gasteiger partial charge is 0.227 e. The molecule has 124 valence electrons. The van der Waals surface area contributed by atoms with Gasteiger partial charge in [0.05, 0.1) is 5.69 Å². The van der Waals surface area contributed by atoms with Gasteiger partial charge in [0.15, 0.2) is 11.0 Å². The van der Waals surface area contributed by atoms with Crippen LogP contribution in [0.3, 0.4) is 0 Å². The zero-order valence-corrected chi connectivity index (χ0v) is 14.4. The SMILES string of the molecule is CC(C)c1noc(CCC(=O)Nc2nc3c(s2)CN(C)CC3)n1. The van der Waals surface area contributed by atoms with E-state index in [1.807, 2.05) is 13.8 Å². The molecule has 0 aromatic carbocycles. The maximum absolute atomic E-state index is 12.1. The zero-order chi connectivity index (χ0) is 16.4. The maximum atomic E-state index is 12.1. The van der Waals surface area contributed by atoms with Crippen LogP contribution in [0, 0.1) is 0 Å². The summed E-state index contributed by atoms with van der Waals surface area (Å²) in [4.78, 5) is 24.3. The highest BCUT2D eigenvalue weighted by Gasteiger charge is 2.19. The summed E-state index contributed by atoms with van der Waals surface area (Å²) in [5.41, 5.74) is 1.11. The summed E-state index contributed by atoms with van der Waals surface area (Å²) in [5.74, 6) is 1.33. The predicted molar refractivity (Wildman–Crippen MR) is 87.5 cm³/mol. The van der Waals surface area contributed by atoms with E-state index in [0.29, 0.717) is 29.7 Å². The Balaban J connectivity index is 1.53. The Morgan fingerprint density at radius 1 is 1.43 bits per heavy atom. The molecule has 7 nitrogen and oxygen atoms in total. The molecular formula is C15H21N5O2S. The highest BCUT2D eigenvalue weighted by Crippen LogP contribution is 2.27. The third-order valence-corrected chi connectivity index (χ3v) is 4.73. The first-order valence-corrected chi connectivity index (χ1v) is 8.62. The number of hydrogen-bond acceptors (Lipinski definition) is 7. The van der Waals surface area contributed by atoms with Crippen LogP contribution in [-0.4, -0.2) is 39.5 Å². The summed E-state index contributed by atoms with van der Waals surface area (Å²) in [6.07, 6.45) is 1.70. The van der Waals surface area contributed by atoms with Gasteiger partial charge < -0.3 is 14.7 Å². The number of rotatable bonds is 5. The molecule has 0 spiro atoms. The van der Waals surface area contributed by atoms with Crippen molar-refractivity contribution in [3.63, 3.8) is 0 Å². The Kier molecular flexibility index (Phi) is 4.72. The summed E-state index contributed by atoms with van der Waals surface area (Å²) in [6.45, 7) is 5.92. The Bertz CT molecular complexity index is 694. The second kappa shape index (κ2) is 6.76. The van der Waals surface area contributed by atoms with Gasteiger partial charge >= 0.3 is 0 Å². The lowest BCUT2D eigenvalue weighted by Crippen LogP contribution is -2.25. The summed E-state index contributed by atoms with van der Waals surface area (Å²) in [7, 11) is 2.09. The van der Waals surface area contributed by atoms with Gasteiger partial charge in [0.25, 0.3) is 0 Å². The predicted octanol–water partition coefficient (Wildman–Crippen LogP) is 2.21. The second-order valence-corrected chi connectivity index (χ2v) is 7.21. The van der Waals surface area contributed by atoms with Gasteiger partial charge in [-0.3, -0.25) is 4.79 Å². The number of carbonyl (C=O) groups excluding carboxylic acids is 1. The number of nitrogens with one attached hydrogen (secondary N) is 1. The Hall–Kier alpha value is -1.80. The normalized spacial score (nSPS) is 15.0. The lowest BCUT2D eigenvalue weighted by Gasteiger charge is -2.20. The van der Waals surface area contributed by atoms with E-state index < -0.39 is 0 Å². The van der Waals surface area contributed by atoms with E-state index >= 15 is 0 Å². The number of nitrogens with zero attached hydrogens (tertiary/aromatic N) is 4. The van der Waals surface area contributed by atoms with Crippen LogP contribution in [0.15, 0.2) is 4.52 Å². The number of hydrogen-bond donors (Lipinski definition) is 1. The summed E-state index contributed by atoms with van der Waals surface area (Å²) in [6, 6.07) is 0. The highest BCUT2D eigenvalue weighted by atomic mass is 32.1. The number of aromatic nitrogens is 3. The standard InChI is InChI=1S/C15H21N5O2S/c1-9(2)14-18-13(22-19-14)5-4-12(21)17-15-16-10-6-7-20(3)8-11(10)23-15/h9H,4-8H2,1-3H3,(H,16,17,21). The van der Waals surface area contributed by atoms with E-state index in [-0.39, 0.29) is 11.8 Å². The number of carbonyl (C=O) groups is 1. The molecule has 23 heavy (non-hydrogen) atoms. The Morgan fingerprint density at radius 3 is 3.00 bits per heavy atom. The molecule has 0 saturated heterocycles. The van der Waals surface area contributed by atoms with E-state index in [0.717, 1.165) is 25.2 Å². The van der Waals surface area contributed by atoms with Crippen molar-refractivity contribution in [1.29, 1.82) is 0 Å². The van der Waals surface area contributed by atoms with Gasteiger partial charge in [-0.15, -0.1) is 11.3 Å². The first kappa shape index (κ1) is 16.1. The van der Waals surface area contributed by atoms with E-state index in [1.165, 1.54) is 4.88 Å². The van der Waals surface area contributed by atoms with Gasteiger partial charge in [-0.25, -0.2) is 4.98 Å². The second-order valence-electron chi connectivity index (χ2n) is 6.13. The van der Waals surface area contributed by atoms with E-state index in [1.54, 1.807) is 11.3 Å². The molecule has 3 rings (SSSR count). The van der Waals surface area contributed by atoms with Crippen molar-refractivity contribution in [2.45, 2.75) is 45.6 Å². The lowest BCUT2D eigenvalue weighted by molar-refractivity contribution is -0.116. The lowest BCUT2D eigenvalue weighted by atomic mass is 10.2. The zero-order valence-electron chi connectivity index (χ0n) is 13.6. The van der Waals surface area contributed by atoms with Crippen LogP contribution in [0.25, 0.3) is 0 Å². The van der Waals surface area contributed by atoms with Crippen LogP contribution in [0.1, 0.15) is 48.5 Å². The van der Waals surface area contributed by atoms with Crippen LogP contribution in [0.4, 0.5) is 5.13 Å². The average molecular weight is 335 g/mol.